The first kappa shape index (κ1) is 29.9. The van der Waals surface area contributed by atoms with Crippen molar-refractivity contribution in [1.82, 2.24) is 15.0 Å². The van der Waals surface area contributed by atoms with E-state index in [1.165, 1.54) is 60.0 Å². The summed E-state index contributed by atoms with van der Waals surface area (Å²) in [7, 11) is 0. The largest absolute Gasteiger partial charge is 0.208 e. The zero-order valence-corrected chi connectivity index (χ0v) is 28.2. The fourth-order valence-corrected chi connectivity index (χ4v) is 7.72. The molecule has 1 heterocycles. The smallest absolute Gasteiger partial charge is 0.164 e. The van der Waals surface area contributed by atoms with E-state index in [2.05, 4.69) is 152 Å². The highest BCUT2D eigenvalue weighted by Gasteiger charge is 2.21. The summed E-state index contributed by atoms with van der Waals surface area (Å²) in [4.78, 5) is 15.2. The summed E-state index contributed by atoms with van der Waals surface area (Å²) in [6.45, 7) is 0. The van der Waals surface area contributed by atoms with Gasteiger partial charge in [-0.1, -0.05) is 182 Å². The number of hydrogen-bond acceptors (Lipinski definition) is 3. The predicted molar refractivity (Wildman–Crippen MR) is 217 cm³/mol. The Labute approximate surface area is 301 Å². The van der Waals surface area contributed by atoms with Gasteiger partial charge in [0.05, 0.1) is 0 Å². The molecule has 0 aliphatic rings. The van der Waals surface area contributed by atoms with Crippen molar-refractivity contribution >= 4 is 43.1 Å². The highest BCUT2D eigenvalue weighted by molar-refractivity contribution is 6.25. The molecule has 0 N–H and O–H groups in total. The van der Waals surface area contributed by atoms with Crippen molar-refractivity contribution in [2.75, 3.05) is 0 Å². The van der Waals surface area contributed by atoms with Crippen LogP contribution in [0.3, 0.4) is 0 Å². The second-order valence-corrected chi connectivity index (χ2v) is 13.1. The maximum atomic E-state index is 5.12. The normalized spacial score (nSPS) is 11.5. The average Bonchev–Trinajstić information content (AvgIpc) is 3.23. The Morgan fingerprint density at radius 1 is 0.250 bits per heavy atom. The second-order valence-electron chi connectivity index (χ2n) is 13.1. The molecule has 1 aromatic heterocycles. The Bertz CT molecular complexity index is 2880. The van der Waals surface area contributed by atoms with E-state index >= 15 is 0 Å². The van der Waals surface area contributed by atoms with Crippen LogP contribution >= 0.6 is 0 Å². The molecule has 242 valence electrons. The molecule has 0 aliphatic carbocycles. The molecule has 3 heteroatoms. The van der Waals surface area contributed by atoms with Crippen LogP contribution < -0.4 is 0 Å². The van der Waals surface area contributed by atoms with Crippen molar-refractivity contribution in [3.8, 4) is 56.4 Å². The Hall–Kier alpha value is -6.97. The van der Waals surface area contributed by atoms with Gasteiger partial charge in [-0.3, -0.25) is 0 Å². The maximum absolute atomic E-state index is 5.12. The summed E-state index contributed by atoms with van der Waals surface area (Å²) in [6, 6.07) is 66.5. The van der Waals surface area contributed by atoms with Gasteiger partial charge in [-0.25, -0.2) is 15.0 Å². The number of aromatic nitrogens is 3. The van der Waals surface area contributed by atoms with E-state index in [4.69, 9.17) is 15.0 Å². The van der Waals surface area contributed by atoms with Gasteiger partial charge in [-0.05, 0) is 71.4 Å². The first-order chi connectivity index (χ1) is 25.8. The van der Waals surface area contributed by atoms with Crippen molar-refractivity contribution < 1.29 is 0 Å². The van der Waals surface area contributed by atoms with Crippen LogP contribution in [0.1, 0.15) is 0 Å². The molecule has 0 spiro atoms. The number of benzene rings is 9. The average molecular weight is 662 g/mol. The lowest BCUT2D eigenvalue weighted by Crippen LogP contribution is -2.00. The Morgan fingerprint density at radius 3 is 1.15 bits per heavy atom. The zero-order valence-electron chi connectivity index (χ0n) is 28.2. The van der Waals surface area contributed by atoms with Crippen LogP contribution in [0.2, 0.25) is 0 Å². The van der Waals surface area contributed by atoms with E-state index in [0.717, 1.165) is 22.1 Å². The highest BCUT2D eigenvalue weighted by Crippen LogP contribution is 2.47. The van der Waals surface area contributed by atoms with Crippen LogP contribution in [0.15, 0.2) is 188 Å². The van der Waals surface area contributed by atoms with Gasteiger partial charge < -0.3 is 0 Å². The molecule has 0 radical (unpaired) electrons. The standard InChI is InChI=1S/C49H31N3/c1-3-17-34(18-4-1)47-50-48(35-19-5-2-6-20-35)52-49(51-47)36-29-30-43-44(31-36)46(40-28-14-22-33-16-8-10-24-38(33)40)42-26-12-11-25-41(42)45(43)39-27-13-21-32-15-7-9-23-37(32)39/h1-31H. The van der Waals surface area contributed by atoms with E-state index < -0.39 is 0 Å². The van der Waals surface area contributed by atoms with Gasteiger partial charge in [-0.2, -0.15) is 0 Å². The van der Waals surface area contributed by atoms with E-state index in [-0.39, 0.29) is 0 Å². The SMILES string of the molecule is c1ccc(-c2nc(-c3ccccc3)nc(-c3ccc4c(-c5cccc6ccccc56)c5ccccc5c(-c5cccc6ccccc56)c4c3)n2)cc1. The van der Waals surface area contributed by atoms with Gasteiger partial charge in [0.25, 0.3) is 0 Å². The first-order valence-electron chi connectivity index (χ1n) is 17.6. The Kier molecular flexibility index (Phi) is 7.14. The van der Waals surface area contributed by atoms with Crippen molar-refractivity contribution in [3.05, 3.63) is 188 Å². The molecule has 0 unspecified atom stereocenters. The zero-order chi connectivity index (χ0) is 34.4. The van der Waals surface area contributed by atoms with E-state index in [9.17, 15) is 0 Å². The van der Waals surface area contributed by atoms with Crippen LogP contribution in [-0.2, 0) is 0 Å². The van der Waals surface area contributed by atoms with E-state index in [1.807, 2.05) is 36.4 Å². The van der Waals surface area contributed by atoms with Gasteiger partial charge in [-0.15, -0.1) is 0 Å². The molecule has 10 rings (SSSR count). The fraction of sp³-hybridized carbons (Fsp3) is 0. The Morgan fingerprint density at radius 2 is 0.635 bits per heavy atom. The van der Waals surface area contributed by atoms with Crippen LogP contribution in [0.25, 0.3) is 99.5 Å². The second kappa shape index (κ2) is 12.4. The van der Waals surface area contributed by atoms with Crippen molar-refractivity contribution in [1.29, 1.82) is 0 Å². The third-order valence-electron chi connectivity index (χ3n) is 10.1. The lowest BCUT2D eigenvalue weighted by atomic mass is 9.83. The monoisotopic (exact) mass is 661 g/mol. The summed E-state index contributed by atoms with van der Waals surface area (Å²) in [6.07, 6.45) is 0. The molecule has 0 saturated heterocycles. The first-order valence-corrected chi connectivity index (χ1v) is 17.6. The summed E-state index contributed by atoms with van der Waals surface area (Å²) >= 11 is 0. The predicted octanol–water partition coefficient (Wildman–Crippen LogP) is 12.8. The lowest BCUT2D eigenvalue weighted by Gasteiger charge is -2.20. The van der Waals surface area contributed by atoms with Crippen molar-refractivity contribution in [2.45, 2.75) is 0 Å². The molecule has 0 aliphatic heterocycles. The lowest BCUT2D eigenvalue weighted by molar-refractivity contribution is 1.07. The molecular weight excluding hydrogens is 631 g/mol. The summed E-state index contributed by atoms with van der Waals surface area (Å²) in [5.74, 6) is 1.93. The third kappa shape index (κ3) is 5.02. The number of nitrogens with zero attached hydrogens (tertiary/aromatic N) is 3. The number of hydrogen-bond donors (Lipinski definition) is 0. The molecule has 0 saturated carbocycles. The number of rotatable bonds is 5. The molecule has 10 aromatic rings. The minimum Gasteiger partial charge on any atom is -0.208 e. The van der Waals surface area contributed by atoms with Crippen LogP contribution in [-0.4, -0.2) is 15.0 Å². The third-order valence-corrected chi connectivity index (χ3v) is 10.1. The molecule has 52 heavy (non-hydrogen) atoms. The summed E-state index contributed by atoms with van der Waals surface area (Å²) < 4.78 is 0. The quantitative estimate of drug-likeness (QED) is 0.172. The summed E-state index contributed by atoms with van der Waals surface area (Å²) in [5, 5.41) is 9.65. The minimum absolute atomic E-state index is 0.637. The minimum atomic E-state index is 0.637. The van der Waals surface area contributed by atoms with Gasteiger partial charge in [0.15, 0.2) is 17.5 Å². The van der Waals surface area contributed by atoms with Crippen molar-refractivity contribution in [3.63, 3.8) is 0 Å². The molecule has 0 amide bonds. The topological polar surface area (TPSA) is 38.7 Å². The van der Waals surface area contributed by atoms with E-state index in [1.54, 1.807) is 0 Å². The molecule has 0 atom stereocenters. The van der Waals surface area contributed by atoms with Crippen molar-refractivity contribution in [2.24, 2.45) is 0 Å². The Balaban J connectivity index is 1.33. The molecular formula is C49H31N3. The molecule has 9 aromatic carbocycles. The van der Waals surface area contributed by atoms with Crippen LogP contribution in [0, 0.1) is 0 Å². The molecule has 0 fully saturated rings. The number of fused-ring (bicyclic) bond motifs is 4. The van der Waals surface area contributed by atoms with Gasteiger partial charge >= 0.3 is 0 Å². The van der Waals surface area contributed by atoms with Crippen LogP contribution in [0.5, 0.6) is 0 Å². The van der Waals surface area contributed by atoms with E-state index in [0.29, 0.717) is 17.5 Å². The summed E-state index contributed by atoms with van der Waals surface area (Å²) in [5.41, 5.74) is 7.68. The highest BCUT2D eigenvalue weighted by atomic mass is 15.0. The van der Waals surface area contributed by atoms with Gasteiger partial charge in [0, 0.05) is 16.7 Å². The van der Waals surface area contributed by atoms with Gasteiger partial charge in [0.1, 0.15) is 0 Å². The fourth-order valence-electron chi connectivity index (χ4n) is 7.72. The molecule has 3 nitrogen and oxygen atoms in total. The van der Waals surface area contributed by atoms with Gasteiger partial charge in [0.2, 0.25) is 0 Å². The van der Waals surface area contributed by atoms with Crippen LogP contribution in [0.4, 0.5) is 0 Å². The molecule has 0 bridgehead atoms. The maximum Gasteiger partial charge on any atom is 0.164 e.